The van der Waals surface area contributed by atoms with Crippen LogP contribution < -0.4 is 5.73 Å². The smallest absolute Gasteiger partial charge is 0.287 e. The van der Waals surface area contributed by atoms with Crippen LogP contribution in [0, 0.1) is 0 Å². The van der Waals surface area contributed by atoms with E-state index in [0.717, 1.165) is 0 Å². The van der Waals surface area contributed by atoms with Crippen molar-refractivity contribution in [3.05, 3.63) is 11.5 Å². The van der Waals surface area contributed by atoms with Gasteiger partial charge in [0, 0.05) is 13.0 Å². The summed E-state index contributed by atoms with van der Waals surface area (Å²) < 4.78 is 9.44. The van der Waals surface area contributed by atoms with Gasteiger partial charge in [-0.15, -0.1) is 0 Å². The lowest BCUT2D eigenvalue weighted by Gasteiger charge is -2.08. The summed E-state index contributed by atoms with van der Waals surface area (Å²) in [6.45, 7) is -0.172. The fraction of sp³-hybridized carbons (Fsp3) is 0.571. The number of hydrogen-bond acceptors (Lipinski definition) is 4. The Hall–Kier alpha value is -1.23. The first kappa shape index (κ1) is 10.8. The normalized spacial score (nSPS) is 8.92. The van der Waals surface area contributed by atoms with Crippen LogP contribution in [0.4, 0.5) is 0 Å². The van der Waals surface area contributed by atoms with Gasteiger partial charge in [-0.1, -0.05) is 0 Å². The van der Waals surface area contributed by atoms with Crippen LogP contribution >= 0.6 is 0 Å². The summed E-state index contributed by atoms with van der Waals surface area (Å²) in [5, 5.41) is 8.57. The van der Waals surface area contributed by atoms with Gasteiger partial charge in [0.2, 0.25) is 0 Å². The molecule has 0 heterocycles. The Morgan fingerprint density at radius 3 is 2.17 bits per heavy atom. The molecule has 0 spiro atoms. The van der Waals surface area contributed by atoms with E-state index in [9.17, 15) is 4.79 Å². The molecule has 5 nitrogen and oxygen atoms in total. The maximum absolute atomic E-state index is 10.7. The standard InChI is InChI=1S/C7H13NO4/c1-11-7(12-2)5(3-4-9)6(8)10/h9H,3-4H2,1-2H3,(H2,8,10). The first-order valence-electron chi connectivity index (χ1n) is 3.39. The number of carbonyl (C=O) groups is 1. The van der Waals surface area contributed by atoms with E-state index in [4.69, 9.17) is 20.3 Å². The van der Waals surface area contributed by atoms with Gasteiger partial charge < -0.3 is 20.3 Å². The van der Waals surface area contributed by atoms with Crippen LogP contribution in [0.5, 0.6) is 0 Å². The molecule has 0 unspecified atom stereocenters. The summed E-state index contributed by atoms with van der Waals surface area (Å²) in [5.74, 6) is -0.598. The predicted octanol–water partition coefficient (Wildman–Crippen LogP) is -0.642. The maximum atomic E-state index is 10.7. The molecule has 0 aliphatic carbocycles. The average Bonchev–Trinajstić information content (AvgIpc) is 2.05. The van der Waals surface area contributed by atoms with Gasteiger partial charge in [0.05, 0.1) is 19.8 Å². The molecule has 0 aromatic rings. The molecule has 0 saturated heterocycles. The topological polar surface area (TPSA) is 81.8 Å². The molecule has 3 N–H and O–H groups in total. The Labute approximate surface area is 70.8 Å². The summed E-state index contributed by atoms with van der Waals surface area (Å²) in [4.78, 5) is 10.7. The number of rotatable bonds is 5. The number of methoxy groups -OCH3 is 2. The van der Waals surface area contributed by atoms with Gasteiger partial charge in [0.15, 0.2) is 0 Å². The molecule has 1 amide bonds. The van der Waals surface area contributed by atoms with Crippen molar-refractivity contribution in [3.63, 3.8) is 0 Å². The van der Waals surface area contributed by atoms with Gasteiger partial charge in [-0.25, -0.2) is 0 Å². The number of primary amides is 1. The Morgan fingerprint density at radius 2 is 1.92 bits per heavy atom. The second-order valence-corrected chi connectivity index (χ2v) is 2.01. The SMILES string of the molecule is COC(OC)=C(CCO)C(N)=O. The lowest BCUT2D eigenvalue weighted by atomic mass is 10.2. The lowest BCUT2D eigenvalue weighted by molar-refractivity contribution is -0.115. The van der Waals surface area contributed by atoms with E-state index in [1.54, 1.807) is 0 Å². The molecule has 0 aliphatic heterocycles. The quantitative estimate of drug-likeness (QED) is 0.430. The Balaban J connectivity index is 4.63. The summed E-state index contributed by atoms with van der Waals surface area (Å²) in [5.41, 5.74) is 5.16. The van der Waals surface area contributed by atoms with Crippen molar-refractivity contribution >= 4 is 5.91 Å². The van der Waals surface area contributed by atoms with Crippen LogP contribution in [0.25, 0.3) is 0 Å². The number of ether oxygens (including phenoxy) is 2. The van der Waals surface area contributed by atoms with E-state index in [0.29, 0.717) is 0 Å². The first-order valence-corrected chi connectivity index (χ1v) is 3.39. The number of hydrogen-bond donors (Lipinski definition) is 2. The minimum Gasteiger partial charge on any atom is -0.468 e. The van der Waals surface area contributed by atoms with Crippen molar-refractivity contribution in [2.24, 2.45) is 5.73 Å². The lowest BCUT2D eigenvalue weighted by Crippen LogP contribution is -2.18. The van der Waals surface area contributed by atoms with E-state index in [-0.39, 0.29) is 24.5 Å². The van der Waals surface area contributed by atoms with Crippen molar-refractivity contribution in [2.75, 3.05) is 20.8 Å². The number of nitrogens with two attached hydrogens (primary N) is 1. The molecule has 0 aromatic carbocycles. The molecule has 0 bridgehead atoms. The third-order valence-electron chi connectivity index (χ3n) is 1.28. The summed E-state index contributed by atoms with van der Waals surface area (Å²) >= 11 is 0. The van der Waals surface area contributed by atoms with Gasteiger partial charge >= 0.3 is 0 Å². The van der Waals surface area contributed by atoms with Gasteiger partial charge in [-0.2, -0.15) is 0 Å². The molecular weight excluding hydrogens is 162 g/mol. The molecule has 0 saturated carbocycles. The van der Waals surface area contributed by atoms with Crippen LogP contribution in [0.2, 0.25) is 0 Å². The molecule has 0 radical (unpaired) electrons. The van der Waals surface area contributed by atoms with Gasteiger partial charge in [0.25, 0.3) is 11.9 Å². The van der Waals surface area contributed by atoms with Crippen molar-refractivity contribution < 1.29 is 19.4 Å². The zero-order valence-corrected chi connectivity index (χ0v) is 7.16. The Morgan fingerprint density at radius 1 is 1.42 bits per heavy atom. The Kier molecular flexibility index (Phi) is 4.87. The van der Waals surface area contributed by atoms with Crippen LogP contribution in [0.1, 0.15) is 6.42 Å². The fourth-order valence-electron chi connectivity index (χ4n) is 0.767. The van der Waals surface area contributed by atoms with Crippen molar-refractivity contribution in [3.8, 4) is 0 Å². The Bertz CT molecular complexity index is 182. The molecule has 70 valence electrons. The molecule has 5 heteroatoms. The number of carbonyl (C=O) groups excluding carboxylic acids is 1. The summed E-state index contributed by atoms with van der Waals surface area (Å²) in [6, 6.07) is 0. The highest BCUT2D eigenvalue weighted by Gasteiger charge is 2.13. The van der Waals surface area contributed by atoms with E-state index in [1.807, 2.05) is 0 Å². The van der Waals surface area contributed by atoms with E-state index in [2.05, 4.69) is 0 Å². The molecule has 0 atom stereocenters. The number of aliphatic hydroxyl groups excluding tert-OH is 1. The highest BCUT2D eigenvalue weighted by atomic mass is 16.7. The molecule has 0 fully saturated rings. The minimum atomic E-state index is -0.650. The summed E-state index contributed by atoms with van der Waals surface area (Å²) in [7, 11) is 2.72. The minimum absolute atomic E-state index is 0.0524. The van der Waals surface area contributed by atoms with Crippen LogP contribution in [0.3, 0.4) is 0 Å². The van der Waals surface area contributed by atoms with E-state index < -0.39 is 5.91 Å². The van der Waals surface area contributed by atoms with E-state index in [1.165, 1.54) is 14.2 Å². The highest BCUT2D eigenvalue weighted by Crippen LogP contribution is 2.09. The highest BCUT2D eigenvalue weighted by molar-refractivity contribution is 5.92. The molecular formula is C7H13NO4. The van der Waals surface area contributed by atoms with E-state index >= 15 is 0 Å². The first-order chi connectivity index (χ1) is 5.67. The zero-order chi connectivity index (χ0) is 9.56. The number of amides is 1. The average molecular weight is 175 g/mol. The second kappa shape index (κ2) is 5.42. The van der Waals surface area contributed by atoms with Gasteiger partial charge in [-0.05, 0) is 0 Å². The van der Waals surface area contributed by atoms with Crippen LogP contribution in [-0.2, 0) is 14.3 Å². The number of aliphatic hydroxyl groups is 1. The van der Waals surface area contributed by atoms with Gasteiger partial charge in [0.1, 0.15) is 0 Å². The van der Waals surface area contributed by atoms with Crippen molar-refractivity contribution in [1.29, 1.82) is 0 Å². The van der Waals surface area contributed by atoms with Crippen molar-refractivity contribution in [2.45, 2.75) is 6.42 Å². The monoisotopic (exact) mass is 175 g/mol. The summed E-state index contributed by atoms with van der Waals surface area (Å²) in [6.07, 6.45) is 0.131. The fourth-order valence-corrected chi connectivity index (χ4v) is 0.767. The zero-order valence-electron chi connectivity index (χ0n) is 7.16. The van der Waals surface area contributed by atoms with Gasteiger partial charge in [-0.3, -0.25) is 4.79 Å². The molecule has 0 rings (SSSR count). The third kappa shape index (κ3) is 2.79. The third-order valence-corrected chi connectivity index (χ3v) is 1.28. The second-order valence-electron chi connectivity index (χ2n) is 2.01. The van der Waals surface area contributed by atoms with Crippen molar-refractivity contribution in [1.82, 2.24) is 0 Å². The predicted molar refractivity (Wildman–Crippen MR) is 41.9 cm³/mol. The molecule has 12 heavy (non-hydrogen) atoms. The maximum Gasteiger partial charge on any atom is 0.287 e. The molecule has 0 aromatic heterocycles. The van der Waals surface area contributed by atoms with Crippen LogP contribution in [-0.4, -0.2) is 31.8 Å². The van der Waals surface area contributed by atoms with Crippen LogP contribution in [0.15, 0.2) is 11.5 Å². The largest absolute Gasteiger partial charge is 0.468 e. The molecule has 0 aliphatic rings.